The maximum absolute atomic E-state index is 4.48. The minimum atomic E-state index is 0.721. The van der Waals surface area contributed by atoms with Crippen LogP contribution >= 0.6 is 9.24 Å². The van der Waals surface area contributed by atoms with Crippen LogP contribution in [0.5, 0.6) is 0 Å². The van der Waals surface area contributed by atoms with Gasteiger partial charge in [0.05, 0.1) is 5.52 Å². The second kappa shape index (κ2) is 5.50. The molecule has 1 aromatic carbocycles. The molecule has 1 unspecified atom stereocenters. The minimum Gasteiger partial charge on any atom is -0.366 e. The smallest absolute Gasteiger partial charge is 0.147 e. The fourth-order valence-electron chi connectivity index (χ4n) is 2.23. The molecular weight excluding hydrogens is 253 g/mol. The largest absolute Gasteiger partial charge is 0.366 e. The molecule has 4 heteroatoms. The molecule has 0 bridgehead atoms. The molecule has 0 saturated carbocycles. The van der Waals surface area contributed by atoms with Crippen LogP contribution in [0.1, 0.15) is 12.8 Å². The molecule has 1 atom stereocenters. The monoisotopic (exact) mass is 269 g/mol. The standard InChI is InChI=1S/C15H16N3P/c19-15-17-13-9-5-4-8-12(13)14(18-15)16-10-11-6-2-1-3-7-11/h1-2,4-6,8-9H,3,7,10,19H2,(H,16,17,18). The molecule has 1 aliphatic rings. The first-order valence-electron chi connectivity index (χ1n) is 6.43. The van der Waals surface area contributed by atoms with Gasteiger partial charge in [-0.2, -0.15) is 0 Å². The highest BCUT2D eigenvalue weighted by Gasteiger charge is 2.06. The van der Waals surface area contributed by atoms with Crippen molar-refractivity contribution in [1.29, 1.82) is 0 Å². The molecule has 0 saturated heterocycles. The third-order valence-electron chi connectivity index (χ3n) is 3.20. The van der Waals surface area contributed by atoms with Gasteiger partial charge in [0, 0.05) is 11.9 Å². The Labute approximate surface area is 115 Å². The topological polar surface area (TPSA) is 37.8 Å². The molecular formula is C15H16N3P. The van der Waals surface area contributed by atoms with Gasteiger partial charge >= 0.3 is 0 Å². The number of aromatic nitrogens is 2. The summed E-state index contributed by atoms with van der Waals surface area (Å²) in [7, 11) is 2.57. The van der Waals surface area contributed by atoms with E-state index in [-0.39, 0.29) is 0 Å². The number of hydrogen-bond acceptors (Lipinski definition) is 3. The first-order valence-corrected chi connectivity index (χ1v) is 7.01. The Hall–Kier alpha value is -1.73. The van der Waals surface area contributed by atoms with Crippen LogP contribution in [-0.2, 0) is 0 Å². The van der Waals surface area contributed by atoms with Crippen molar-refractivity contribution in [2.24, 2.45) is 0 Å². The Kier molecular flexibility index (Phi) is 3.56. The molecule has 2 aromatic rings. The summed E-state index contributed by atoms with van der Waals surface area (Å²) in [6, 6.07) is 8.08. The van der Waals surface area contributed by atoms with E-state index >= 15 is 0 Å². The van der Waals surface area contributed by atoms with Gasteiger partial charge in [0.2, 0.25) is 0 Å². The molecule has 0 amide bonds. The van der Waals surface area contributed by atoms with E-state index in [1.165, 1.54) is 5.57 Å². The Morgan fingerprint density at radius 3 is 2.95 bits per heavy atom. The predicted molar refractivity (Wildman–Crippen MR) is 83.8 cm³/mol. The van der Waals surface area contributed by atoms with Gasteiger partial charge in [-0.15, -0.1) is 0 Å². The second-order valence-electron chi connectivity index (χ2n) is 4.59. The zero-order valence-corrected chi connectivity index (χ0v) is 11.8. The number of hydrogen-bond donors (Lipinski definition) is 1. The van der Waals surface area contributed by atoms with E-state index in [1.807, 2.05) is 18.2 Å². The normalized spacial score (nSPS) is 14.5. The van der Waals surface area contributed by atoms with Gasteiger partial charge in [0.1, 0.15) is 11.4 Å². The predicted octanol–water partition coefficient (Wildman–Crippen LogP) is 2.82. The molecule has 3 rings (SSSR count). The van der Waals surface area contributed by atoms with E-state index in [1.54, 1.807) is 0 Å². The van der Waals surface area contributed by atoms with Gasteiger partial charge in [-0.05, 0) is 25.0 Å². The van der Waals surface area contributed by atoms with Crippen molar-refractivity contribution in [3.05, 3.63) is 48.1 Å². The summed E-state index contributed by atoms with van der Waals surface area (Å²) >= 11 is 0. The van der Waals surface area contributed by atoms with Gasteiger partial charge in [-0.25, -0.2) is 9.97 Å². The van der Waals surface area contributed by atoms with E-state index in [0.29, 0.717) is 0 Å². The maximum atomic E-state index is 4.48. The summed E-state index contributed by atoms with van der Waals surface area (Å²) in [6.07, 6.45) is 8.76. The Bertz CT molecular complexity index is 661. The van der Waals surface area contributed by atoms with Gasteiger partial charge in [-0.1, -0.05) is 45.2 Å². The van der Waals surface area contributed by atoms with Gasteiger partial charge in [-0.3, -0.25) is 0 Å². The summed E-state index contributed by atoms with van der Waals surface area (Å²) in [6.45, 7) is 0.843. The van der Waals surface area contributed by atoms with E-state index in [9.17, 15) is 0 Å². The highest BCUT2D eigenvalue weighted by atomic mass is 31.0. The third-order valence-corrected chi connectivity index (χ3v) is 3.46. The van der Waals surface area contributed by atoms with Gasteiger partial charge in [0.15, 0.2) is 0 Å². The number of allylic oxidation sites excluding steroid dienone is 3. The summed E-state index contributed by atoms with van der Waals surface area (Å²) in [5.41, 5.74) is 3.11. The van der Waals surface area contributed by atoms with Crippen LogP contribution in [0.2, 0.25) is 0 Å². The lowest BCUT2D eigenvalue weighted by Gasteiger charge is -2.12. The van der Waals surface area contributed by atoms with Crippen molar-refractivity contribution < 1.29 is 0 Å². The first-order chi connectivity index (χ1) is 9.33. The number of nitrogens with one attached hydrogen (secondary N) is 1. The number of fused-ring (bicyclic) bond motifs is 1. The zero-order chi connectivity index (χ0) is 13.1. The quantitative estimate of drug-likeness (QED) is 0.871. The van der Waals surface area contributed by atoms with E-state index in [2.05, 4.69) is 48.8 Å². The van der Waals surface area contributed by atoms with Crippen LogP contribution in [0.25, 0.3) is 10.9 Å². The lowest BCUT2D eigenvalue weighted by molar-refractivity contribution is 0.931. The van der Waals surface area contributed by atoms with Gasteiger partial charge < -0.3 is 5.32 Å². The second-order valence-corrected chi connectivity index (χ2v) is 5.11. The maximum Gasteiger partial charge on any atom is 0.147 e. The number of rotatable bonds is 3. The van der Waals surface area contributed by atoms with Crippen LogP contribution < -0.4 is 10.9 Å². The molecule has 96 valence electrons. The summed E-state index contributed by atoms with van der Waals surface area (Å²) < 4.78 is 0. The lowest BCUT2D eigenvalue weighted by Crippen LogP contribution is -2.12. The van der Waals surface area contributed by atoms with Crippen LogP contribution in [-0.4, -0.2) is 16.5 Å². The molecule has 0 spiro atoms. The number of para-hydroxylation sites is 1. The van der Waals surface area contributed by atoms with Crippen molar-refractivity contribution in [3.8, 4) is 0 Å². The molecule has 0 aliphatic heterocycles. The molecule has 3 nitrogen and oxygen atoms in total. The summed E-state index contributed by atoms with van der Waals surface area (Å²) in [5.74, 6) is 0.908. The molecule has 1 aromatic heterocycles. The van der Waals surface area contributed by atoms with Crippen molar-refractivity contribution >= 4 is 31.5 Å². The molecule has 0 fully saturated rings. The molecule has 19 heavy (non-hydrogen) atoms. The van der Waals surface area contributed by atoms with Crippen LogP contribution in [0.4, 0.5) is 5.82 Å². The van der Waals surface area contributed by atoms with Gasteiger partial charge in [0.25, 0.3) is 0 Å². The van der Waals surface area contributed by atoms with Crippen molar-refractivity contribution in [2.45, 2.75) is 12.8 Å². The highest BCUT2D eigenvalue weighted by Crippen LogP contribution is 2.19. The Balaban J connectivity index is 1.87. The molecule has 0 radical (unpaired) electrons. The summed E-state index contributed by atoms with van der Waals surface area (Å²) in [4.78, 5) is 8.90. The molecule has 1 N–H and O–H groups in total. The van der Waals surface area contributed by atoms with E-state index < -0.39 is 0 Å². The fraction of sp³-hybridized carbons (Fsp3) is 0.200. The minimum absolute atomic E-state index is 0.721. The number of nitrogens with zero attached hydrogens (tertiary/aromatic N) is 2. The van der Waals surface area contributed by atoms with Crippen molar-refractivity contribution in [3.63, 3.8) is 0 Å². The summed E-state index contributed by atoms with van der Waals surface area (Å²) in [5, 5.41) is 4.50. The average Bonchev–Trinajstić information content (AvgIpc) is 2.45. The zero-order valence-electron chi connectivity index (χ0n) is 10.6. The first kappa shape index (κ1) is 12.3. The Morgan fingerprint density at radius 2 is 2.11 bits per heavy atom. The molecule has 1 aliphatic carbocycles. The van der Waals surface area contributed by atoms with Crippen LogP contribution in [0.3, 0.4) is 0 Å². The van der Waals surface area contributed by atoms with Crippen LogP contribution in [0.15, 0.2) is 48.1 Å². The number of anilines is 1. The van der Waals surface area contributed by atoms with E-state index in [4.69, 9.17) is 0 Å². The fourth-order valence-corrected chi connectivity index (χ4v) is 2.49. The van der Waals surface area contributed by atoms with Crippen molar-refractivity contribution in [1.82, 2.24) is 9.97 Å². The lowest BCUT2D eigenvalue weighted by atomic mass is 10.1. The Morgan fingerprint density at radius 1 is 1.21 bits per heavy atom. The molecule has 1 heterocycles. The van der Waals surface area contributed by atoms with Crippen molar-refractivity contribution in [2.75, 3.05) is 11.9 Å². The average molecular weight is 269 g/mol. The third kappa shape index (κ3) is 2.82. The highest BCUT2D eigenvalue weighted by molar-refractivity contribution is 7.26. The van der Waals surface area contributed by atoms with E-state index in [0.717, 1.165) is 41.7 Å². The van der Waals surface area contributed by atoms with Crippen LogP contribution in [0, 0.1) is 0 Å². The number of benzene rings is 1. The SMILES string of the molecule is Pc1nc(NCC2=CC=CCC2)c2ccccc2n1.